The number of hydrogen-bond acceptors (Lipinski definition) is 2. The van der Waals surface area contributed by atoms with E-state index in [1.165, 1.54) is 12.1 Å². The van der Waals surface area contributed by atoms with Gasteiger partial charge in [-0.2, -0.15) is 0 Å². The first-order valence-corrected chi connectivity index (χ1v) is 5.89. The van der Waals surface area contributed by atoms with Crippen LogP contribution in [0.4, 0.5) is 8.78 Å². The third kappa shape index (κ3) is 4.44. The Balaban J connectivity index is 2.76. The molecule has 5 heteroatoms. The summed E-state index contributed by atoms with van der Waals surface area (Å²) in [6.07, 6.45) is 0.290. The summed E-state index contributed by atoms with van der Waals surface area (Å²) in [5.41, 5.74) is 1.04. The smallest absolute Gasteiger partial charge is 0.244 e. The van der Waals surface area contributed by atoms with Crippen molar-refractivity contribution in [3.63, 3.8) is 0 Å². The van der Waals surface area contributed by atoms with E-state index in [-0.39, 0.29) is 11.5 Å². The molecule has 1 amide bonds. The molecule has 2 unspecified atom stereocenters. The molecule has 0 aliphatic heterocycles. The maximum atomic E-state index is 13.1. The molecule has 2 N–H and O–H groups in total. The largest absolute Gasteiger partial charge is 0.386 e. The third-order valence-corrected chi connectivity index (χ3v) is 2.55. The molecular formula is C14H17F2NO2. The molecule has 104 valence electrons. The number of aliphatic hydroxyl groups excluding tert-OH is 1. The van der Waals surface area contributed by atoms with Crippen molar-refractivity contribution >= 4 is 5.91 Å². The minimum atomic E-state index is -1.11. The monoisotopic (exact) mass is 269 g/mol. The van der Waals surface area contributed by atoms with E-state index >= 15 is 0 Å². The number of carbonyl (C=O) groups is 1. The van der Waals surface area contributed by atoms with Crippen LogP contribution in [0.25, 0.3) is 0 Å². The van der Waals surface area contributed by atoms with Crippen LogP contribution >= 0.6 is 0 Å². The molecule has 0 heterocycles. The maximum absolute atomic E-state index is 13.1. The van der Waals surface area contributed by atoms with E-state index < -0.39 is 23.8 Å². The van der Waals surface area contributed by atoms with E-state index in [0.29, 0.717) is 0 Å². The Bertz CT molecular complexity index is 496. The normalized spacial score (nSPS) is 13.6. The highest BCUT2D eigenvalue weighted by Gasteiger charge is 2.19. The van der Waals surface area contributed by atoms with Crippen molar-refractivity contribution in [3.05, 3.63) is 47.0 Å². The quantitative estimate of drug-likeness (QED) is 0.825. The number of allylic oxidation sites excluding steroid dienone is 1. The Morgan fingerprint density at radius 3 is 2.47 bits per heavy atom. The van der Waals surface area contributed by atoms with E-state index in [1.54, 1.807) is 20.8 Å². The van der Waals surface area contributed by atoms with Crippen molar-refractivity contribution in [1.29, 1.82) is 0 Å². The fourth-order valence-corrected chi connectivity index (χ4v) is 1.59. The van der Waals surface area contributed by atoms with Gasteiger partial charge < -0.3 is 10.4 Å². The lowest BCUT2D eigenvalue weighted by molar-refractivity contribution is -0.117. The number of hydrogen-bond donors (Lipinski definition) is 2. The van der Waals surface area contributed by atoms with Crippen LogP contribution in [-0.2, 0) is 4.79 Å². The van der Waals surface area contributed by atoms with Gasteiger partial charge in [-0.25, -0.2) is 8.78 Å². The Hall–Kier alpha value is -1.75. The zero-order valence-electron chi connectivity index (χ0n) is 11.1. The second-order valence-electron chi connectivity index (χ2n) is 4.64. The Morgan fingerprint density at radius 1 is 1.32 bits per heavy atom. The van der Waals surface area contributed by atoms with Gasteiger partial charge in [-0.05, 0) is 38.5 Å². The molecule has 19 heavy (non-hydrogen) atoms. The highest BCUT2D eigenvalue weighted by atomic mass is 19.2. The van der Waals surface area contributed by atoms with Gasteiger partial charge in [0.2, 0.25) is 5.91 Å². The van der Waals surface area contributed by atoms with Crippen LogP contribution in [0.15, 0.2) is 29.8 Å². The molecule has 1 aromatic carbocycles. The average Bonchev–Trinajstić information content (AvgIpc) is 2.30. The minimum Gasteiger partial charge on any atom is -0.386 e. The predicted molar refractivity (Wildman–Crippen MR) is 68.4 cm³/mol. The van der Waals surface area contributed by atoms with E-state index in [0.717, 1.165) is 17.7 Å². The summed E-state index contributed by atoms with van der Waals surface area (Å²) in [5, 5.41) is 12.5. The molecule has 0 bridgehead atoms. The summed E-state index contributed by atoms with van der Waals surface area (Å²) in [7, 11) is 0. The van der Waals surface area contributed by atoms with E-state index in [9.17, 15) is 18.7 Å². The Morgan fingerprint density at radius 2 is 1.95 bits per heavy atom. The Kier molecular flexibility index (Phi) is 5.18. The van der Waals surface area contributed by atoms with Gasteiger partial charge in [0.15, 0.2) is 11.6 Å². The molecule has 0 saturated carbocycles. The van der Waals surface area contributed by atoms with Crippen LogP contribution in [-0.4, -0.2) is 17.1 Å². The highest BCUT2D eigenvalue weighted by molar-refractivity contribution is 5.88. The van der Waals surface area contributed by atoms with Crippen molar-refractivity contribution in [2.45, 2.75) is 32.9 Å². The van der Waals surface area contributed by atoms with Crippen molar-refractivity contribution in [3.8, 4) is 0 Å². The van der Waals surface area contributed by atoms with Gasteiger partial charge in [0.25, 0.3) is 0 Å². The van der Waals surface area contributed by atoms with Crippen LogP contribution in [0.2, 0.25) is 0 Å². The summed E-state index contributed by atoms with van der Waals surface area (Å²) < 4.78 is 25.8. The van der Waals surface area contributed by atoms with Crippen LogP contribution in [0.5, 0.6) is 0 Å². The van der Waals surface area contributed by atoms with E-state index in [2.05, 4.69) is 5.32 Å². The Labute approximate surface area is 110 Å². The summed E-state index contributed by atoms with van der Waals surface area (Å²) in [5.74, 6) is -2.34. The number of nitrogens with one attached hydrogen (secondary N) is 1. The van der Waals surface area contributed by atoms with Crippen LogP contribution in [0, 0.1) is 11.6 Å². The number of benzene rings is 1. The number of halogens is 2. The molecule has 2 atom stereocenters. The van der Waals surface area contributed by atoms with Gasteiger partial charge in [-0.15, -0.1) is 0 Å². The van der Waals surface area contributed by atoms with Crippen molar-refractivity contribution in [2.24, 2.45) is 0 Å². The zero-order chi connectivity index (χ0) is 14.6. The average molecular weight is 269 g/mol. The summed E-state index contributed by atoms with van der Waals surface area (Å²) in [6, 6.07) is 2.53. The molecule has 3 nitrogen and oxygen atoms in total. The maximum Gasteiger partial charge on any atom is 0.244 e. The molecule has 0 spiro atoms. The molecule has 0 aromatic heterocycles. The van der Waals surface area contributed by atoms with Gasteiger partial charge >= 0.3 is 0 Å². The number of rotatable bonds is 4. The van der Waals surface area contributed by atoms with Crippen LogP contribution in [0.3, 0.4) is 0 Å². The van der Waals surface area contributed by atoms with Gasteiger partial charge in [0.05, 0.1) is 12.1 Å². The topological polar surface area (TPSA) is 49.3 Å². The van der Waals surface area contributed by atoms with Gasteiger partial charge in [-0.1, -0.05) is 11.6 Å². The third-order valence-electron chi connectivity index (χ3n) is 2.55. The van der Waals surface area contributed by atoms with Crippen molar-refractivity contribution in [1.82, 2.24) is 5.32 Å². The highest BCUT2D eigenvalue weighted by Crippen LogP contribution is 2.19. The first kappa shape index (κ1) is 15.3. The fraction of sp³-hybridized carbons (Fsp3) is 0.357. The summed E-state index contributed by atoms with van der Waals surface area (Å²) in [6.45, 7) is 5.13. The van der Waals surface area contributed by atoms with Crippen molar-refractivity contribution in [2.75, 3.05) is 0 Å². The number of amides is 1. The van der Waals surface area contributed by atoms with E-state index in [4.69, 9.17) is 0 Å². The van der Waals surface area contributed by atoms with Gasteiger partial charge in [-0.3, -0.25) is 4.79 Å². The van der Waals surface area contributed by atoms with Crippen LogP contribution < -0.4 is 5.32 Å². The number of carbonyl (C=O) groups excluding carboxylic acids is 1. The lowest BCUT2D eigenvalue weighted by Gasteiger charge is -2.20. The first-order valence-electron chi connectivity index (χ1n) is 5.89. The van der Waals surface area contributed by atoms with Gasteiger partial charge in [0, 0.05) is 6.08 Å². The molecule has 0 fully saturated rings. The lowest BCUT2D eigenvalue weighted by atomic mass is 10.0. The standard InChI is InChI=1S/C14H17F2NO2/c1-8(2)6-13(18)17-9(3)14(19)10-4-5-11(15)12(16)7-10/h4-7,9,14,19H,1-3H3,(H,17,18). The molecule has 0 saturated heterocycles. The predicted octanol–water partition coefficient (Wildman–Crippen LogP) is 2.47. The number of aliphatic hydroxyl groups is 1. The molecule has 1 aromatic rings. The van der Waals surface area contributed by atoms with Crippen LogP contribution in [0.1, 0.15) is 32.4 Å². The molecule has 0 aliphatic rings. The SMILES string of the molecule is CC(C)=CC(=O)NC(C)C(O)c1ccc(F)c(F)c1. The molecule has 0 radical (unpaired) electrons. The molecule has 0 aliphatic carbocycles. The summed E-state index contributed by atoms with van der Waals surface area (Å²) in [4.78, 5) is 11.5. The zero-order valence-corrected chi connectivity index (χ0v) is 11.1. The molecular weight excluding hydrogens is 252 g/mol. The summed E-state index contributed by atoms with van der Waals surface area (Å²) >= 11 is 0. The van der Waals surface area contributed by atoms with E-state index in [1.807, 2.05) is 0 Å². The minimum absolute atomic E-state index is 0.212. The second-order valence-corrected chi connectivity index (χ2v) is 4.64. The molecule has 1 rings (SSSR count). The lowest BCUT2D eigenvalue weighted by Crippen LogP contribution is -2.36. The van der Waals surface area contributed by atoms with Gasteiger partial charge in [0.1, 0.15) is 0 Å². The first-order chi connectivity index (χ1) is 8.81. The second kappa shape index (κ2) is 6.43. The fourth-order valence-electron chi connectivity index (χ4n) is 1.59. The van der Waals surface area contributed by atoms with Crippen molar-refractivity contribution < 1.29 is 18.7 Å².